The third-order valence-corrected chi connectivity index (χ3v) is 9.59. The van der Waals surface area contributed by atoms with Crippen LogP contribution in [0.3, 0.4) is 0 Å². The average molecular weight is 828 g/mol. The number of rotatable bonds is 44. The lowest BCUT2D eigenvalue weighted by molar-refractivity contribution is -0.140. The Hall–Kier alpha value is -3.40. The summed E-state index contributed by atoms with van der Waals surface area (Å²) in [5, 5.41) is 26.7. The molecule has 0 saturated heterocycles. The molecule has 0 heterocycles. The van der Waals surface area contributed by atoms with E-state index in [4.69, 9.17) is 24.1 Å². The zero-order chi connectivity index (χ0) is 43.1. The van der Waals surface area contributed by atoms with Gasteiger partial charge in [0, 0.05) is 50.6 Å². The van der Waals surface area contributed by atoms with Crippen LogP contribution in [-0.2, 0) is 47.7 Å². The molecule has 5 N–H and O–H groups in total. The summed E-state index contributed by atoms with van der Waals surface area (Å²) in [7, 11) is 0. The Morgan fingerprint density at radius 2 is 1.07 bits per heavy atom. The summed E-state index contributed by atoms with van der Waals surface area (Å²) in [6, 6.07) is -0.888. The molecule has 0 spiro atoms. The highest BCUT2D eigenvalue weighted by Crippen LogP contribution is 2.14. The van der Waals surface area contributed by atoms with Crippen molar-refractivity contribution in [2.45, 2.75) is 155 Å². The SMILES string of the molecule is C=C(CCCCCCCCCCCCCCC(=O)O)N[C@@H](CCC(=O)NCCOCCOCC(=O)CCCOCCOCC(=O)NCCCC[C@H](C)C(C)=O)C(=O)O. The van der Waals surface area contributed by atoms with Crippen molar-refractivity contribution in [2.24, 2.45) is 5.92 Å². The van der Waals surface area contributed by atoms with E-state index < -0.39 is 18.0 Å². The fourth-order valence-electron chi connectivity index (χ4n) is 5.88. The number of Topliss-reactive ketones (excluding diaryl/α,β-unsaturated/α-hetero) is 2. The average Bonchev–Trinajstić information content (AvgIpc) is 3.17. The van der Waals surface area contributed by atoms with Crippen molar-refractivity contribution in [1.82, 2.24) is 16.0 Å². The molecule has 15 nitrogen and oxygen atoms in total. The summed E-state index contributed by atoms with van der Waals surface area (Å²) in [6.07, 6.45) is 17.8. The van der Waals surface area contributed by atoms with E-state index in [-0.39, 0.29) is 94.7 Å². The quantitative estimate of drug-likeness (QED) is 0.0452. The van der Waals surface area contributed by atoms with E-state index in [0.717, 1.165) is 57.8 Å². The second-order valence-electron chi connectivity index (χ2n) is 15.0. The molecular formula is C43H77N3O12. The van der Waals surface area contributed by atoms with E-state index in [1.165, 1.54) is 38.5 Å². The number of carbonyl (C=O) groups is 6. The highest BCUT2D eigenvalue weighted by molar-refractivity contribution is 5.80. The van der Waals surface area contributed by atoms with E-state index in [2.05, 4.69) is 22.5 Å². The zero-order valence-electron chi connectivity index (χ0n) is 35.8. The van der Waals surface area contributed by atoms with E-state index in [1.54, 1.807) is 6.92 Å². The van der Waals surface area contributed by atoms with E-state index >= 15 is 0 Å². The second kappa shape index (κ2) is 39.1. The molecule has 336 valence electrons. The first kappa shape index (κ1) is 54.6. The molecule has 2 atom stereocenters. The van der Waals surface area contributed by atoms with Gasteiger partial charge < -0.3 is 45.1 Å². The molecule has 0 radical (unpaired) electrons. The van der Waals surface area contributed by atoms with Crippen LogP contribution >= 0.6 is 0 Å². The monoisotopic (exact) mass is 828 g/mol. The summed E-state index contributed by atoms with van der Waals surface area (Å²) in [5.74, 6) is -2.00. The summed E-state index contributed by atoms with van der Waals surface area (Å²) >= 11 is 0. The summed E-state index contributed by atoms with van der Waals surface area (Å²) < 4.78 is 21.5. The van der Waals surface area contributed by atoms with Gasteiger partial charge in [0.25, 0.3) is 0 Å². The minimum Gasteiger partial charge on any atom is -0.481 e. The van der Waals surface area contributed by atoms with Crippen LogP contribution in [0.15, 0.2) is 12.3 Å². The van der Waals surface area contributed by atoms with Crippen LogP contribution in [0.5, 0.6) is 0 Å². The first-order chi connectivity index (χ1) is 27.9. The Bertz CT molecular complexity index is 1140. The molecule has 0 aromatic carbocycles. The topological polar surface area (TPSA) is 216 Å². The molecular weight excluding hydrogens is 750 g/mol. The third-order valence-electron chi connectivity index (χ3n) is 9.59. The molecule has 0 bridgehead atoms. The van der Waals surface area contributed by atoms with Crippen LogP contribution < -0.4 is 16.0 Å². The number of aliphatic carboxylic acids is 2. The van der Waals surface area contributed by atoms with Gasteiger partial charge in [-0.25, -0.2) is 4.79 Å². The van der Waals surface area contributed by atoms with Crippen LogP contribution in [0.4, 0.5) is 0 Å². The third kappa shape index (κ3) is 38.1. The normalized spacial score (nSPS) is 12.1. The van der Waals surface area contributed by atoms with Gasteiger partial charge in [-0.2, -0.15) is 0 Å². The van der Waals surface area contributed by atoms with Crippen LogP contribution in [0.1, 0.15) is 149 Å². The van der Waals surface area contributed by atoms with Gasteiger partial charge in [0.1, 0.15) is 25.0 Å². The number of amides is 2. The molecule has 0 unspecified atom stereocenters. The van der Waals surface area contributed by atoms with Gasteiger partial charge in [0.05, 0.1) is 33.0 Å². The Balaban J connectivity index is 3.66. The molecule has 0 aromatic heterocycles. The molecule has 15 heteroatoms. The predicted molar refractivity (Wildman–Crippen MR) is 222 cm³/mol. The predicted octanol–water partition coefficient (Wildman–Crippen LogP) is 5.91. The van der Waals surface area contributed by atoms with Gasteiger partial charge in [0.2, 0.25) is 11.8 Å². The van der Waals surface area contributed by atoms with Crippen molar-refractivity contribution in [2.75, 3.05) is 65.9 Å². The lowest BCUT2D eigenvalue weighted by Gasteiger charge is -2.17. The van der Waals surface area contributed by atoms with Crippen molar-refractivity contribution >= 4 is 35.3 Å². The van der Waals surface area contributed by atoms with Crippen molar-refractivity contribution in [3.63, 3.8) is 0 Å². The van der Waals surface area contributed by atoms with E-state index in [0.29, 0.717) is 44.7 Å². The van der Waals surface area contributed by atoms with Gasteiger partial charge >= 0.3 is 11.9 Å². The van der Waals surface area contributed by atoms with Crippen LogP contribution in [0.25, 0.3) is 0 Å². The fraction of sp³-hybridized carbons (Fsp3) is 0.814. The Morgan fingerprint density at radius 1 is 0.534 bits per heavy atom. The summed E-state index contributed by atoms with van der Waals surface area (Å²) in [4.78, 5) is 69.5. The largest absolute Gasteiger partial charge is 0.481 e. The molecule has 0 rings (SSSR count). The second-order valence-corrected chi connectivity index (χ2v) is 15.0. The number of hydrogen-bond donors (Lipinski definition) is 5. The standard InChI is InChI=1S/C43H77N3O12/c1-35(37(3)47)19-16-17-25-44-41(50)34-58-32-29-55-27-18-21-38(48)33-57-31-30-56-28-26-45-40(49)24-23-39(43(53)54)46-36(2)20-14-12-10-8-6-4-5-7-9-11-13-15-22-42(51)52/h35,39,46H,2,4-34H2,1,3H3,(H,44,50)(H,45,49)(H,51,52)(H,53,54)/t35-,39-/m0/s1. The summed E-state index contributed by atoms with van der Waals surface area (Å²) in [5.41, 5.74) is 0.667. The Labute approximate surface area is 347 Å². The van der Waals surface area contributed by atoms with Crippen LogP contribution in [0, 0.1) is 5.92 Å². The maximum absolute atomic E-state index is 12.2. The number of carbonyl (C=O) groups excluding carboxylic acids is 4. The number of carboxylic acid groups (broad SMARTS) is 2. The number of nitrogens with one attached hydrogen (secondary N) is 3. The molecule has 0 aliphatic rings. The minimum atomic E-state index is -1.02. The number of carboxylic acids is 2. The number of ether oxygens (including phenoxy) is 4. The molecule has 0 aliphatic heterocycles. The van der Waals surface area contributed by atoms with Gasteiger partial charge in [-0.1, -0.05) is 84.1 Å². The fourth-order valence-corrected chi connectivity index (χ4v) is 5.88. The van der Waals surface area contributed by atoms with Crippen LogP contribution in [-0.4, -0.2) is 118 Å². The molecule has 0 aromatic rings. The first-order valence-electron chi connectivity index (χ1n) is 21.7. The summed E-state index contributed by atoms with van der Waals surface area (Å²) in [6.45, 7) is 9.98. The van der Waals surface area contributed by atoms with E-state index in [9.17, 15) is 33.9 Å². The zero-order valence-corrected chi connectivity index (χ0v) is 35.8. The maximum Gasteiger partial charge on any atom is 0.326 e. The van der Waals surface area contributed by atoms with Crippen molar-refractivity contribution in [1.29, 1.82) is 0 Å². The van der Waals surface area contributed by atoms with Gasteiger partial charge in [0.15, 0.2) is 5.78 Å². The first-order valence-corrected chi connectivity index (χ1v) is 21.7. The van der Waals surface area contributed by atoms with Gasteiger partial charge in [-0.05, 0) is 51.9 Å². The molecule has 0 fully saturated rings. The number of unbranched alkanes of at least 4 members (excludes halogenated alkanes) is 12. The Morgan fingerprint density at radius 3 is 1.66 bits per heavy atom. The lowest BCUT2D eigenvalue weighted by Crippen LogP contribution is -2.37. The number of allylic oxidation sites excluding steroid dienone is 1. The van der Waals surface area contributed by atoms with Gasteiger partial charge in [-0.15, -0.1) is 0 Å². The highest BCUT2D eigenvalue weighted by Gasteiger charge is 2.19. The number of ketones is 2. The smallest absolute Gasteiger partial charge is 0.326 e. The molecule has 0 aliphatic carbocycles. The van der Waals surface area contributed by atoms with Crippen molar-refractivity contribution in [3.8, 4) is 0 Å². The molecule has 2 amide bonds. The van der Waals surface area contributed by atoms with Gasteiger partial charge in [-0.3, -0.25) is 24.0 Å². The molecule has 58 heavy (non-hydrogen) atoms. The Kier molecular flexibility index (Phi) is 36.8. The van der Waals surface area contributed by atoms with E-state index in [1.807, 2.05) is 6.92 Å². The maximum atomic E-state index is 12.2. The minimum absolute atomic E-state index is 0.0259. The highest BCUT2D eigenvalue weighted by atomic mass is 16.5. The van der Waals surface area contributed by atoms with Crippen molar-refractivity contribution < 1.29 is 57.9 Å². The van der Waals surface area contributed by atoms with Crippen LogP contribution in [0.2, 0.25) is 0 Å². The lowest BCUT2D eigenvalue weighted by atomic mass is 10.0. The molecule has 0 saturated carbocycles. The van der Waals surface area contributed by atoms with Crippen molar-refractivity contribution in [3.05, 3.63) is 12.3 Å². The number of hydrogen-bond acceptors (Lipinski definition) is 11.